The molecule has 2 aromatic rings. The normalized spacial score (nSPS) is 22.5. The molecule has 0 bridgehead atoms. The second-order valence-corrected chi connectivity index (χ2v) is 7.51. The van der Waals surface area contributed by atoms with Crippen molar-refractivity contribution >= 4 is 52.5 Å². The Morgan fingerprint density at radius 2 is 1.73 bits per heavy atom. The van der Waals surface area contributed by atoms with Gasteiger partial charge >= 0.3 is 17.9 Å². The van der Waals surface area contributed by atoms with E-state index in [1.165, 1.54) is 50.7 Å². The summed E-state index contributed by atoms with van der Waals surface area (Å²) in [5, 5.41) is 0.0250. The molecule has 0 aromatic carbocycles. The third-order valence-electron chi connectivity index (χ3n) is 4.48. The van der Waals surface area contributed by atoms with Crippen LogP contribution in [0.2, 0.25) is 5.15 Å². The Labute approximate surface area is 192 Å². The van der Waals surface area contributed by atoms with E-state index >= 15 is 0 Å². The molecule has 176 valence electrons. The van der Waals surface area contributed by atoms with E-state index < -0.39 is 42.4 Å². The van der Waals surface area contributed by atoms with Crippen LogP contribution in [-0.4, -0.2) is 68.1 Å². The summed E-state index contributed by atoms with van der Waals surface area (Å²) in [7, 11) is 0. The maximum Gasteiger partial charge on any atom is 0.303 e. The number of ether oxygens (including phenoxy) is 4. The summed E-state index contributed by atoms with van der Waals surface area (Å²) < 4.78 is 23.2. The van der Waals surface area contributed by atoms with E-state index in [2.05, 4.69) is 15.0 Å². The molecule has 0 aliphatic carbocycles. The zero-order valence-corrected chi connectivity index (χ0v) is 18.9. The zero-order chi connectivity index (χ0) is 24.3. The van der Waals surface area contributed by atoms with Crippen molar-refractivity contribution in [3.8, 4) is 0 Å². The molecule has 0 saturated carbocycles. The maximum absolute atomic E-state index is 11.8. The van der Waals surface area contributed by atoms with Crippen molar-refractivity contribution in [3.63, 3.8) is 0 Å². The van der Waals surface area contributed by atoms with E-state index in [4.69, 9.17) is 30.5 Å². The Morgan fingerprint density at radius 3 is 2.33 bits per heavy atom. The summed E-state index contributed by atoms with van der Waals surface area (Å²) in [6, 6.07) is 0. The third-order valence-corrected chi connectivity index (χ3v) is 4.74. The molecule has 0 amide bonds. The Kier molecular flexibility index (Phi) is 7.39. The lowest BCUT2D eigenvalue weighted by Crippen LogP contribution is -2.40. The zero-order valence-electron chi connectivity index (χ0n) is 18.2. The Balaban J connectivity index is 2.07. The molecule has 0 unspecified atom stereocenters. The van der Waals surface area contributed by atoms with Gasteiger partial charge in [0, 0.05) is 20.8 Å². The first kappa shape index (κ1) is 24.3. The van der Waals surface area contributed by atoms with Gasteiger partial charge in [-0.15, -0.1) is 0 Å². The standard InChI is InChI=1S/C20H21ClN4O8/c1-9(26)5-6-14-23-18(21)15-19(24-14)25(8-22-15)20-17(32-12(4)29)16(31-11(3)28)13(33-20)7-30-10(2)27/h5-6,8,13,16-17,20H,7H2,1-4H3/b6-5+/t13-,16-,17-,20-/m1/s1. The van der Waals surface area contributed by atoms with Crippen molar-refractivity contribution in [3.05, 3.63) is 23.4 Å². The van der Waals surface area contributed by atoms with Gasteiger partial charge in [-0.1, -0.05) is 11.6 Å². The van der Waals surface area contributed by atoms with Gasteiger partial charge in [0.05, 0.1) is 6.33 Å². The first-order chi connectivity index (χ1) is 15.6. The van der Waals surface area contributed by atoms with Gasteiger partial charge in [-0.05, 0) is 19.1 Å². The highest BCUT2D eigenvalue weighted by atomic mass is 35.5. The molecule has 2 aromatic heterocycles. The average Bonchev–Trinajstić information content (AvgIpc) is 3.26. The molecule has 1 saturated heterocycles. The van der Waals surface area contributed by atoms with Gasteiger partial charge < -0.3 is 18.9 Å². The molecule has 1 aliphatic rings. The molecule has 0 radical (unpaired) electrons. The number of imidazole rings is 1. The van der Waals surface area contributed by atoms with Crippen molar-refractivity contribution in [1.29, 1.82) is 0 Å². The predicted molar refractivity (Wildman–Crippen MR) is 112 cm³/mol. The second-order valence-electron chi connectivity index (χ2n) is 7.16. The monoisotopic (exact) mass is 480 g/mol. The quantitative estimate of drug-likeness (QED) is 0.245. The van der Waals surface area contributed by atoms with Crippen LogP contribution in [0.25, 0.3) is 17.2 Å². The molecular formula is C20H21ClN4O8. The number of ketones is 1. The van der Waals surface area contributed by atoms with Crippen LogP contribution >= 0.6 is 11.6 Å². The van der Waals surface area contributed by atoms with Gasteiger partial charge in [-0.25, -0.2) is 15.0 Å². The number of fused-ring (bicyclic) bond motifs is 1. The fourth-order valence-electron chi connectivity index (χ4n) is 3.27. The van der Waals surface area contributed by atoms with Crippen molar-refractivity contribution in [1.82, 2.24) is 19.5 Å². The van der Waals surface area contributed by atoms with Crippen LogP contribution in [0.1, 0.15) is 39.7 Å². The lowest BCUT2D eigenvalue weighted by atomic mass is 10.1. The summed E-state index contributed by atoms with van der Waals surface area (Å²) in [6.45, 7) is 4.71. The van der Waals surface area contributed by atoms with Crippen LogP contribution in [0.3, 0.4) is 0 Å². The van der Waals surface area contributed by atoms with Gasteiger partial charge in [0.25, 0.3) is 0 Å². The Morgan fingerprint density at radius 1 is 1.06 bits per heavy atom. The van der Waals surface area contributed by atoms with Crippen LogP contribution in [0.15, 0.2) is 12.4 Å². The number of hydrogen-bond acceptors (Lipinski definition) is 11. The molecule has 1 aliphatic heterocycles. The summed E-state index contributed by atoms with van der Waals surface area (Å²) in [5.41, 5.74) is 0.448. The van der Waals surface area contributed by atoms with Crippen molar-refractivity contribution in [2.45, 2.75) is 52.2 Å². The highest BCUT2D eigenvalue weighted by molar-refractivity contribution is 6.33. The SMILES string of the molecule is CC(=O)/C=C/c1nc(Cl)c2ncn([C@@H]3O[C@H](COC(C)=O)[C@@H](OC(C)=O)[C@H]3OC(C)=O)c2n1. The largest absolute Gasteiger partial charge is 0.463 e. The maximum atomic E-state index is 11.8. The number of allylic oxidation sites excluding steroid dienone is 1. The summed E-state index contributed by atoms with van der Waals surface area (Å²) in [6.07, 6.45) is -0.188. The highest BCUT2D eigenvalue weighted by Crippen LogP contribution is 2.36. The van der Waals surface area contributed by atoms with Crippen molar-refractivity contribution in [2.24, 2.45) is 0 Å². The molecule has 13 heteroatoms. The summed E-state index contributed by atoms with van der Waals surface area (Å²) in [4.78, 5) is 58.8. The molecule has 0 spiro atoms. The lowest BCUT2D eigenvalue weighted by molar-refractivity contribution is -0.166. The lowest BCUT2D eigenvalue weighted by Gasteiger charge is -2.23. The van der Waals surface area contributed by atoms with Crippen molar-refractivity contribution < 1.29 is 38.1 Å². The van der Waals surface area contributed by atoms with E-state index in [0.717, 1.165) is 0 Å². The van der Waals surface area contributed by atoms with Gasteiger partial charge in [0.2, 0.25) is 0 Å². The van der Waals surface area contributed by atoms with Crippen molar-refractivity contribution in [2.75, 3.05) is 6.61 Å². The minimum atomic E-state index is -1.12. The number of hydrogen-bond donors (Lipinski definition) is 0. The van der Waals surface area contributed by atoms with Gasteiger partial charge in [0.1, 0.15) is 18.2 Å². The second kappa shape index (κ2) is 10.0. The Hall–Kier alpha value is -3.38. The van der Waals surface area contributed by atoms with Crippen LogP contribution in [0.5, 0.6) is 0 Å². The Bertz CT molecular complexity index is 1130. The molecule has 3 rings (SSSR count). The van der Waals surface area contributed by atoms with Gasteiger partial charge in [-0.2, -0.15) is 0 Å². The van der Waals surface area contributed by atoms with Crippen LogP contribution in [0, 0.1) is 0 Å². The first-order valence-electron chi connectivity index (χ1n) is 9.78. The number of esters is 3. The molecular weight excluding hydrogens is 460 g/mol. The molecule has 33 heavy (non-hydrogen) atoms. The smallest absolute Gasteiger partial charge is 0.303 e. The number of halogens is 1. The summed E-state index contributed by atoms with van der Waals surface area (Å²) in [5.74, 6) is -1.94. The number of aromatic nitrogens is 4. The number of carbonyl (C=O) groups excluding carboxylic acids is 4. The van der Waals surface area contributed by atoms with Crippen LogP contribution in [-0.2, 0) is 38.1 Å². The molecule has 3 heterocycles. The average molecular weight is 481 g/mol. The van der Waals surface area contributed by atoms with Gasteiger partial charge in [0.15, 0.2) is 40.8 Å². The van der Waals surface area contributed by atoms with E-state index in [9.17, 15) is 19.2 Å². The minimum absolute atomic E-state index is 0.0250. The molecule has 12 nitrogen and oxygen atoms in total. The predicted octanol–water partition coefficient (Wildman–Crippen LogP) is 1.41. The third kappa shape index (κ3) is 5.71. The van der Waals surface area contributed by atoms with E-state index in [-0.39, 0.29) is 34.5 Å². The first-order valence-corrected chi connectivity index (χ1v) is 10.2. The van der Waals surface area contributed by atoms with Gasteiger partial charge in [-0.3, -0.25) is 23.7 Å². The molecule has 4 atom stereocenters. The minimum Gasteiger partial charge on any atom is -0.463 e. The van der Waals surface area contributed by atoms with E-state index in [0.29, 0.717) is 0 Å². The number of carbonyl (C=O) groups is 4. The molecule has 0 N–H and O–H groups in total. The van der Waals surface area contributed by atoms with E-state index in [1.807, 2.05) is 0 Å². The topological polar surface area (TPSA) is 149 Å². The molecule has 1 fully saturated rings. The fraction of sp³-hybridized carbons (Fsp3) is 0.450. The van der Waals surface area contributed by atoms with E-state index in [1.54, 1.807) is 0 Å². The number of nitrogens with zero attached hydrogens (tertiary/aromatic N) is 4. The summed E-state index contributed by atoms with van der Waals surface area (Å²) >= 11 is 6.23. The fourth-order valence-corrected chi connectivity index (χ4v) is 3.49. The number of rotatable bonds is 7. The van der Waals surface area contributed by atoms with Crippen LogP contribution < -0.4 is 0 Å². The van der Waals surface area contributed by atoms with Crippen LogP contribution in [0.4, 0.5) is 0 Å². The highest BCUT2D eigenvalue weighted by Gasteiger charge is 2.51.